The summed E-state index contributed by atoms with van der Waals surface area (Å²) in [7, 11) is 0. The van der Waals surface area contributed by atoms with Crippen molar-refractivity contribution in [1.29, 1.82) is 0 Å². The molecule has 0 fully saturated rings. The summed E-state index contributed by atoms with van der Waals surface area (Å²) < 4.78 is 0. The van der Waals surface area contributed by atoms with E-state index in [1.54, 1.807) is 6.20 Å². The summed E-state index contributed by atoms with van der Waals surface area (Å²) in [5, 5.41) is 3.43. The van der Waals surface area contributed by atoms with Gasteiger partial charge in [-0.3, -0.25) is 0 Å². The maximum Gasteiger partial charge on any atom is 0.178 e. The summed E-state index contributed by atoms with van der Waals surface area (Å²) in [4.78, 5) is 17.7. The Kier molecular flexibility index (Phi) is 4.96. The van der Waals surface area contributed by atoms with Crippen LogP contribution in [0.15, 0.2) is 12.3 Å². The highest BCUT2D eigenvalue weighted by molar-refractivity contribution is 5.49. The molecule has 0 aromatic carbocycles. The molecule has 5 heteroatoms. The van der Waals surface area contributed by atoms with Crippen molar-refractivity contribution in [3.63, 3.8) is 0 Å². The van der Waals surface area contributed by atoms with E-state index in [2.05, 4.69) is 39.1 Å². The van der Waals surface area contributed by atoms with E-state index in [-0.39, 0.29) is 0 Å². The van der Waals surface area contributed by atoms with Gasteiger partial charge in [0.2, 0.25) is 0 Å². The fraction of sp³-hybridized carbons (Fsp3) is 0.500. The highest BCUT2D eigenvalue weighted by Crippen LogP contribution is 2.17. The van der Waals surface area contributed by atoms with E-state index in [1.165, 1.54) is 5.56 Å². The molecule has 0 bridgehead atoms. The predicted molar refractivity (Wildman–Crippen MR) is 84.1 cm³/mol. The van der Waals surface area contributed by atoms with E-state index in [9.17, 15) is 0 Å². The summed E-state index contributed by atoms with van der Waals surface area (Å²) >= 11 is 0. The first-order valence-electron chi connectivity index (χ1n) is 7.35. The molecule has 2 aromatic heterocycles. The van der Waals surface area contributed by atoms with Crippen LogP contribution >= 0.6 is 0 Å². The highest BCUT2D eigenvalue weighted by atomic mass is 15.0. The third-order valence-electron chi connectivity index (χ3n) is 3.35. The van der Waals surface area contributed by atoms with Gasteiger partial charge in [-0.15, -0.1) is 0 Å². The van der Waals surface area contributed by atoms with Crippen LogP contribution in [0.25, 0.3) is 11.5 Å². The van der Waals surface area contributed by atoms with Crippen molar-refractivity contribution in [3.8, 4) is 11.5 Å². The quantitative estimate of drug-likeness (QED) is 0.914. The summed E-state index contributed by atoms with van der Waals surface area (Å²) in [5.41, 5.74) is 4.05. The van der Waals surface area contributed by atoms with Gasteiger partial charge in [-0.05, 0) is 45.4 Å². The largest absolute Gasteiger partial charge is 0.314 e. The van der Waals surface area contributed by atoms with Gasteiger partial charge < -0.3 is 5.32 Å². The summed E-state index contributed by atoms with van der Waals surface area (Å²) in [5.74, 6) is 1.41. The van der Waals surface area contributed by atoms with Crippen LogP contribution in [0.1, 0.15) is 36.6 Å². The van der Waals surface area contributed by atoms with Crippen molar-refractivity contribution >= 4 is 0 Å². The minimum atomic E-state index is 0.495. The lowest BCUT2D eigenvalue weighted by Gasteiger charge is -2.12. The average Bonchev–Trinajstić information content (AvgIpc) is 2.41. The molecule has 0 aliphatic rings. The number of hydrogen-bond donors (Lipinski definition) is 1. The Bertz CT molecular complexity index is 599. The Morgan fingerprint density at radius 2 is 1.71 bits per heavy atom. The van der Waals surface area contributed by atoms with Crippen LogP contribution in [0.2, 0.25) is 0 Å². The monoisotopic (exact) mass is 285 g/mol. The van der Waals surface area contributed by atoms with Crippen molar-refractivity contribution in [2.45, 2.75) is 47.1 Å². The molecule has 2 aromatic rings. The fourth-order valence-corrected chi connectivity index (χ4v) is 2.28. The Labute approximate surface area is 126 Å². The second-order valence-corrected chi connectivity index (χ2v) is 5.54. The molecule has 2 rings (SSSR count). The molecule has 0 saturated carbocycles. The highest BCUT2D eigenvalue weighted by Gasteiger charge is 2.11. The van der Waals surface area contributed by atoms with Gasteiger partial charge in [-0.1, -0.05) is 13.8 Å². The van der Waals surface area contributed by atoms with Gasteiger partial charge in [0, 0.05) is 23.6 Å². The lowest BCUT2D eigenvalue weighted by atomic mass is 10.1. The Balaban J connectivity index is 2.24. The smallest absolute Gasteiger partial charge is 0.178 e. The maximum atomic E-state index is 4.61. The summed E-state index contributed by atoms with van der Waals surface area (Å²) in [6, 6.07) is 2.34. The van der Waals surface area contributed by atoms with Crippen LogP contribution in [-0.2, 0) is 6.42 Å². The first-order valence-corrected chi connectivity index (χ1v) is 7.35. The lowest BCUT2D eigenvalue weighted by Crippen LogP contribution is -2.25. The molecule has 5 nitrogen and oxygen atoms in total. The standard InChI is InChI=1S/C16H23N5/c1-10(2)17-8-6-14-11(3)19-16(20-12(14)4)15-7-9-18-13(5)21-15/h7,9-10,17H,6,8H2,1-5H3. The molecular formula is C16H23N5. The number of aryl methyl sites for hydroxylation is 3. The van der Waals surface area contributed by atoms with Gasteiger partial charge in [0.05, 0.1) is 0 Å². The molecule has 0 amide bonds. The minimum absolute atomic E-state index is 0.495. The number of aromatic nitrogens is 4. The van der Waals surface area contributed by atoms with Gasteiger partial charge >= 0.3 is 0 Å². The molecule has 0 aliphatic carbocycles. The van der Waals surface area contributed by atoms with Crippen LogP contribution in [-0.4, -0.2) is 32.5 Å². The zero-order chi connectivity index (χ0) is 15.4. The molecular weight excluding hydrogens is 262 g/mol. The van der Waals surface area contributed by atoms with Crippen molar-refractivity contribution in [3.05, 3.63) is 35.0 Å². The SMILES string of the molecule is Cc1nccc(-c2nc(C)c(CCNC(C)C)c(C)n2)n1. The molecule has 0 aliphatic heterocycles. The fourth-order valence-electron chi connectivity index (χ4n) is 2.28. The van der Waals surface area contributed by atoms with E-state index in [0.29, 0.717) is 11.9 Å². The van der Waals surface area contributed by atoms with Crippen molar-refractivity contribution in [1.82, 2.24) is 25.3 Å². The van der Waals surface area contributed by atoms with Gasteiger partial charge in [0.15, 0.2) is 5.82 Å². The molecule has 0 radical (unpaired) electrons. The molecule has 0 atom stereocenters. The third-order valence-corrected chi connectivity index (χ3v) is 3.35. The van der Waals surface area contributed by atoms with Crippen LogP contribution in [0, 0.1) is 20.8 Å². The van der Waals surface area contributed by atoms with E-state index in [1.807, 2.05) is 26.8 Å². The molecule has 112 valence electrons. The van der Waals surface area contributed by atoms with E-state index in [4.69, 9.17) is 0 Å². The van der Waals surface area contributed by atoms with Crippen molar-refractivity contribution < 1.29 is 0 Å². The third kappa shape index (κ3) is 4.04. The molecule has 1 N–H and O–H groups in total. The van der Waals surface area contributed by atoms with Gasteiger partial charge in [-0.25, -0.2) is 19.9 Å². The first-order chi connectivity index (χ1) is 9.97. The summed E-state index contributed by atoms with van der Waals surface area (Å²) in [6.45, 7) is 11.2. The molecule has 0 spiro atoms. The van der Waals surface area contributed by atoms with Crippen LogP contribution < -0.4 is 5.32 Å². The van der Waals surface area contributed by atoms with Crippen molar-refractivity contribution in [2.24, 2.45) is 0 Å². The Morgan fingerprint density at radius 3 is 2.29 bits per heavy atom. The number of nitrogens with zero attached hydrogens (tertiary/aromatic N) is 4. The number of rotatable bonds is 5. The topological polar surface area (TPSA) is 63.6 Å². The second-order valence-electron chi connectivity index (χ2n) is 5.54. The van der Waals surface area contributed by atoms with Crippen LogP contribution in [0.4, 0.5) is 0 Å². The average molecular weight is 285 g/mol. The summed E-state index contributed by atoms with van der Waals surface area (Å²) in [6.07, 6.45) is 2.69. The van der Waals surface area contributed by atoms with E-state index < -0.39 is 0 Å². The van der Waals surface area contributed by atoms with E-state index >= 15 is 0 Å². The van der Waals surface area contributed by atoms with Crippen LogP contribution in [0.3, 0.4) is 0 Å². The molecule has 2 heterocycles. The zero-order valence-electron chi connectivity index (χ0n) is 13.4. The number of nitrogens with one attached hydrogen (secondary N) is 1. The van der Waals surface area contributed by atoms with Crippen LogP contribution in [0.5, 0.6) is 0 Å². The van der Waals surface area contributed by atoms with Gasteiger partial charge in [0.25, 0.3) is 0 Å². The van der Waals surface area contributed by atoms with Crippen molar-refractivity contribution in [2.75, 3.05) is 6.54 Å². The molecule has 21 heavy (non-hydrogen) atoms. The van der Waals surface area contributed by atoms with Gasteiger partial charge in [0.1, 0.15) is 11.5 Å². The minimum Gasteiger partial charge on any atom is -0.314 e. The first kappa shape index (κ1) is 15.5. The van der Waals surface area contributed by atoms with Gasteiger partial charge in [-0.2, -0.15) is 0 Å². The lowest BCUT2D eigenvalue weighted by molar-refractivity contribution is 0.587. The maximum absolute atomic E-state index is 4.61. The molecule has 0 saturated heterocycles. The Hall–Kier alpha value is -1.88. The second kappa shape index (κ2) is 6.72. The predicted octanol–water partition coefficient (Wildman–Crippen LogP) is 2.40. The van der Waals surface area contributed by atoms with E-state index in [0.717, 1.165) is 35.9 Å². The number of hydrogen-bond acceptors (Lipinski definition) is 5. The molecule has 0 unspecified atom stereocenters. The Morgan fingerprint density at radius 1 is 1.05 bits per heavy atom. The zero-order valence-corrected chi connectivity index (χ0v) is 13.4. The normalized spacial score (nSPS) is 11.1.